The lowest BCUT2D eigenvalue weighted by atomic mass is 9.81. The van der Waals surface area contributed by atoms with Crippen LogP contribution in [0.15, 0.2) is 121 Å². The standard InChI is InChI=1S/C27H23NO/c1-5-13-21(14-6-1)25-26(22-15-7-2-8-16-22)28(24-19-11-4-12-20-24)29-27(25)23-17-9-3-10-18-23/h1-20,25-27H. The first-order chi connectivity index (χ1) is 14.4. The number of anilines is 1. The van der Waals surface area contributed by atoms with Crippen molar-refractivity contribution in [3.05, 3.63) is 138 Å². The van der Waals surface area contributed by atoms with Crippen molar-refractivity contribution in [3.8, 4) is 0 Å². The number of rotatable bonds is 4. The molecule has 4 aromatic rings. The molecule has 0 aliphatic carbocycles. The number of hydrogen-bond acceptors (Lipinski definition) is 2. The van der Waals surface area contributed by atoms with E-state index in [4.69, 9.17) is 4.84 Å². The van der Waals surface area contributed by atoms with Gasteiger partial charge in [0.15, 0.2) is 0 Å². The highest BCUT2D eigenvalue weighted by atomic mass is 16.7. The van der Waals surface area contributed by atoms with Crippen molar-refractivity contribution in [2.24, 2.45) is 0 Å². The minimum Gasteiger partial charge on any atom is -0.264 e. The van der Waals surface area contributed by atoms with Crippen molar-refractivity contribution < 1.29 is 4.84 Å². The SMILES string of the molecule is c1ccc(C2ON(c3ccccc3)C(c3ccccc3)C2c2ccccc2)cc1. The van der Waals surface area contributed by atoms with Crippen LogP contribution in [0.1, 0.15) is 34.8 Å². The van der Waals surface area contributed by atoms with Gasteiger partial charge in [0.05, 0.1) is 11.7 Å². The lowest BCUT2D eigenvalue weighted by Gasteiger charge is -2.28. The largest absolute Gasteiger partial charge is 0.264 e. The maximum Gasteiger partial charge on any atom is 0.120 e. The fourth-order valence-corrected chi connectivity index (χ4v) is 4.30. The predicted octanol–water partition coefficient (Wildman–Crippen LogP) is 6.70. The van der Waals surface area contributed by atoms with E-state index in [0.29, 0.717) is 0 Å². The summed E-state index contributed by atoms with van der Waals surface area (Å²) in [7, 11) is 0. The molecule has 1 saturated heterocycles. The molecule has 0 spiro atoms. The molecule has 2 heteroatoms. The van der Waals surface area contributed by atoms with Gasteiger partial charge in [-0.05, 0) is 28.8 Å². The number of hydrogen-bond donors (Lipinski definition) is 0. The normalized spacial score (nSPS) is 21.2. The molecule has 0 radical (unpaired) electrons. The highest BCUT2D eigenvalue weighted by molar-refractivity contribution is 5.50. The van der Waals surface area contributed by atoms with Crippen LogP contribution in [0.25, 0.3) is 0 Å². The Kier molecular flexibility index (Phi) is 4.85. The molecule has 1 aliphatic heterocycles. The smallest absolute Gasteiger partial charge is 0.120 e. The number of nitrogens with zero attached hydrogens (tertiary/aromatic N) is 1. The Morgan fingerprint density at radius 2 is 0.931 bits per heavy atom. The lowest BCUT2D eigenvalue weighted by Crippen LogP contribution is -2.23. The topological polar surface area (TPSA) is 12.5 Å². The van der Waals surface area contributed by atoms with E-state index in [1.54, 1.807) is 0 Å². The Balaban J connectivity index is 1.69. The van der Waals surface area contributed by atoms with Gasteiger partial charge < -0.3 is 0 Å². The van der Waals surface area contributed by atoms with E-state index in [9.17, 15) is 0 Å². The highest BCUT2D eigenvalue weighted by Gasteiger charge is 2.45. The maximum atomic E-state index is 6.70. The van der Waals surface area contributed by atoms with Crippen molar-refractivity contribution >= 4 is 5.69 Å². The second-order valence-electron chi connectivity index (χ2n) is 7.39. The molecule has 0 amide bonds. The van der Waals surface area contributed by atoms with Crippen LogP contribution in [0.5, 0.6) is 0 Å². The molecule has 5 rings (SSSR count). The van der Waals surface area contributed by atoms with Crippen LogP contribution in [-0.2, 0) is 4.84 Å². The summed E-state index contributed by atoms with van der Waals surface area (Å²) in [5.41, 5.74) is 4.80. The van der Waals surface area contributed by atoms with Crippen molar-refractivity contribution in [1.29, 1.82) is 0 Å². The van der Waals surface area contributed by atoms with E-state index in [-0.39, 0.29) is 18.1 Å². The van der Waals surface area contributed by atoms with Gasteiger partial charge in [-0.2, -0.15) is 0 Å². The van der Waals surface area contributed by atoms with Crippen LogP contribution in [0.2, 0.25) is 0 Å². The van der Waals surface area contributed by atoms with E-state index in [0.717, 1.165) is 5.69 Å². The van der Waals surface area contributed by atoms with E-state index < -0.39 is 0 Å². The van der Waals surface area contributed by atoms with Crippen LogP contribution in [0, 0.1) is 0 Å². The first-order valence-electron chi connectivity index (χ1n) is 10.1. The minimum atomic E-state index is -0.0657. The molecular weight excluding hydrogens is 354 g/mol. The molecule has 4 aromatic carbocycles. The van der Waals surface area contributed by atoms with E-state index in [1.165, 1.54) is 16.7 Å². The monoisotopic (exact) mass is 377 g/mol. The third-order valence-electron chi connectivity index (χ3n) is 5.61. The number of benzene rings is 4. The average Bonchev–Trinajstić information content (AvgIpc) is 3.22. The zero-order chi connectivity index (χ0) is 19.5. The van der Waals surface area contributed by atoms with Gasteiger partial charge in [-0.25, -0.2) is 5.06 Å². The summed E-state index contributed by atoms with van der Waals surface area (Å²) in [5, 5.41) is 2.10. The second-order valence-corrected chi connectivity index (χ2v) is 7.39. The third-order valence-corrected chi connectivity index (χ3v) is 5.61. The summed E-state index contributed by atoms with van der Waals surface area (Å²) >= 11 is 0. The Morgan fingerprint density at radius 1 is 0.483 bits per heavy atom. The quantitative estimate of drug-likeness (QED) is 0.392. The van der Waals surface area contributed by atoms with Crippen molar-refractivity contribution in [1.82, 2.24) is 0 Å². The minimum absolute atomic E-state index is 0.0657. The van der Waals surface area contributed by atoms with Gasteiger partial charge in [-0.15, -0.1) is 0 Å². The summed E-state index contributed by atoms with van der Waals surface area (Å²) in [5.74, 6) is 0.168. The van der Waals surface area contributed by atoms with Gasteiger partial charge in [0, 0.05) is 5.92 Å². The molecule has 1 aliphatic rings. The van der Waals surface area contributed by atoms with E-state index in [1.807, 2.05) is 6.07 Å². The average molecular weight is 377 g/mol. The maximum absolute atomic E-state index is 6.70. The number of para-hydroxylation sites is 1. The van der Waals surface area contributed by atoms with E-state index >= 15 is 0 Å². The Morgan fingerprint density at radius 3 is 1.48 bits per heavy atom. The molecule has 29 heavy (non-hydrogen) atoms. The fraction of sp³-hybridized carbons (Fsp3) is 0.111. The first-order valence-corrected chi connectivity index (χ1v) is 10.1. The molecule has 3 unspecified atom stereocenters. The van der Waals surface area contributed by atoms with Gasteiger partial charge >= 0.3 is 0 Å². The second kappa shape index (κ2) is 7.94. The van der Waals surface area contributed by atoms with Crippen LogP contribution in [0.4, 0.5) is 5.69 Å². The molecule has 0 N–H and O–H groups in total. The molecule has 1 heterocycles. The predicted molar refractivity (Wildman–Crippen MR) is 118 cm³/mol. The van der Waals surface area contributed by atoms with Crippen LogP contribution in [0.3, 0.4) is 0 Å². The summed E-state index contributed by atoms with van der Waals surface area (Å²) in [4.78, 5) is 6.70. The summed E-state index contributed by atoms with van der Waals surface area (Å²) in [6, 6.07) is 42.5. The highest BCUT2D eigenvalue weighted by Crippen LogP contribution is 2.53. The molecule has 142 valence electrons. The fourth-order valence-electron chi connectivity index (χ4n) is 4.30. The van der Waals surface area contributed by atoms with Gasteiger partial charge in [-0.1, -0.05) is 109 Å². The molecule has 0 saturated carbocycles. The first kappa shape index (κ1) is 17.7. The van der Waals surface area contributed by atoms with E-state index in [2.05, 4.69) is 120 Å². The molecule has 3 atom stereocenters. The zero-order valence-corrected chi connectivity index (χ0v) is 16.1. The van der Waals surface area contributed by atoms with Gasteiger partial charge in [0.1, 0.15) is 6.10 Å². The summed E-state index contributed by atoms with van der Waals surface area (Å²) in [6.07, 6.45) is -0.0657. The summed E-state index contributed by atoms with van der Waals surface area (Å²) in [6.45, 7) is 0. The van der Waals surface area contributed by atoms with Gasteiger partial charge in [-0.3, -0.25) is 4.84 Å². The summed E-state index contributed by atoms with van der Waals surface area (Å²) < 4.78 is 0. The Bertz CT molecular complexity index is 948. The van der Waals surface area contributed by atoms with Crippen LogP contribution < -0.4 is 5.06 Å². The molecular formula is C27H23NO. The van der Waals surface area contributed by atoms with Gasteiger partial charge in [0.2, 0.25) is 0 Å². The Labute approximate surface area is 172 Å². The molecule has 1 fully saturated rings. The lowest BCUT2D eigenvalue weighted by molar-refractivity contribution is 0.0784. The molecule has 0 bridgehead atoms. The molecule has 0 aromatic heterocycles. The van der Waals surface area contributed by atoms with Gasteiger partial charge in [0.25, 0.3) is 0 Å². The van der Waals surface area contributed by atoms with Crippen molar-refractivity contribution in [3.63, 3.8) is 0 Å². The number of hydroxylamine groups is 1. The van der Waals surface area contributed by atoms with Crippen molar-refractivity contribution in [2.75, 3.05) is 5.06 Å². The third kappa shape index (κ3) is 3.43. The molecule has 2 nitrogen and oxygen atoms in total. The van der Waals surface area contributed by atoms with Crippen LogP contribution >= 0.6 is 0 Å². The van der Waals surface area contributed by atoms with Crippen LogP contribution in [-0.4, -0.2) is 0 Å². The Hall–Kier alpha value is -3.36. The van der Waals surface area contributed by atoms with Crippen molar-refractivity contribution in [2.45, 2.75) is 18.1 Å². The zero-order valence-electron chi connectivity index (χ0n) is 16.1.